The molecule has 0 N–H and O–H groups in total. The van der Waals surface area contributed by atoms with E-state index in [0.717, 1.165) is 19.3 Å². The van der Waals surface area contributed by atoms with Gasteiger partial charge in [-0.1, -0.05) is 12.1 Å². The highest BCUT2D eigenvalue weighted by molar-refractivity contribution is 7.09. The second-order valence-electron chi connectivity index (χ2n) is 4.47. The average molecular weight is 301 g/mol. The summed E-state index contributed by atoms with van der Waals surface area (Å²) in [6, 6.07) is 8.02. The van der Waals surface area contributed by atoms with Crippen molar-refractivity contribution in [3.8, 4) is 0 Å². The van der Waals surface area contributed by atoms with Gasteiger partial charge in [-0.3, -0.25) is 0 Å². The molecule has 0 bridgehead atoms. The lowest BCUT2D eigenvalue weighted by Crippen LogP contribution is -2.07. The predicted molar refractivity (Wildman–Crippen MR) is 77.0 cm³/mol. The first-order valence-corrected chi connectivity index (χ1v) is 7.58. The third-order valence-corrected chi connectivity index (χ3v) is 4.32. The van der Waals surface area contributed by atoms with Gasteiger partial charge in [0, 0.05) is 15.8 Å². The zero-order valence-electron chi connectivity index (χ0n) is 10.4. The molecule has 2 aromatic rings. The van der Waals surface area contributed by atoms with Gasteiger partial charge in [0.2, 0.25) is 0 Å². The van der Waals surface area contributed by atoms with Crippen LogP contribution in [0.1, 0.15) is 23.3 Å². The maximum atomic E-state index is 13.5. The van der Waals surface area contributed by atoms with Crippen LogP contribution in [0.15, 0.2) is 35.7 Å². The van der Waals surface area contributed by atoms with E-state index in [0.29, 0.717) is 0 Å². The summed E-state index contributed by atoms with van der Waals surface area (Å²) in [5, 5.41) is 1.81. The number of alkyl halides is 1. The van der Waals surface area contributed by atoms with E-state index in [1.807, 2.05) is 11.4 Å². The van der Waals surface area contributed by atoms with Crippen molar-refractivity contribution in [3.05, 3.63) is 57.8 Å². The molecule has 0 saturated heterocycles. The van der Waals surface area contributed by atoms with Crippen molar-refractivity contribution in [2.45, 2.75) is 31.1 Å². The average Bonchev–Trinajstić information content (AvgIpc) is 2.87. The van der Waals surface area contributed by atoms with Crippen LogP contribution in [0.25, 0.3) is 0 Å². The second kappa shape index (κ2) is 7.01. The van der Waals surface area contributed by atoms with Gasteiger partial charge in [0.15, 0.2) is 0 Å². The molecule has 0 aliphatic rings. The number of thiophene rings is 1. The summed E-state index contributed by atoms with van der Waals surface area (Å²) in [5.41, 5.74) is 0.0959. The van der Waals surface area contributed by atoms with Crippen LogP contribution in [-0.4, -0.2) is 5.38 Å². The Morgan fingerprint density at radius 3 is 2.47 bits per heavy atom. The van der Waals surface area contributed by atoms with E-state index < -0.39 is 11.6 Å². The Balaban J connectivity index is 1.82. The molecule has 1 atom stereocenters. The van der Waals surface area contributed by atoms with Gasteiger partial charge in [-0.25, -0.2) is 8.78 Å². The van der Waals surface area contributed by atoms with Gasteiger partial charge >= 0.3 is 0 Å². The minimum Gasteiger partial charge on any atom is -0.207 e. The summed E-state index contributed by atoms with van der Waals surface area (Å²) in [4.78, 5) is 1.32. The highest BCUT2D eigenvalue weighted by Crippen LogP contribution is 2.20. The third-order valence-electron chi connectivity index (χ3n) is 3.01. The maximum absolute atomic E-state index is 13.5. The van der Waals surface area contributed by atoms with Crippen molar-refractivity contribution in [1.29, 1.82) is 0 Å². The van der Waals surface area contributed by atoms with Crippen LogP contribution in [0, 0.1) is 11.6 Å². The molecule has 1 heterocycles. The van der Waals surface area contributed by atoms with Gasteiger partial charge in [-0.05, 0) is 49.3 Å². The zero-order chi connectivity index (χ0) is 13.7. The molecule has 0 aliphatic carbocycles. The Morgan fingerprint density at radius 1 is 1.11 bits per heavy atom. The maximum Gasteiger partial charge on any atom is 0.129 e. The molecule has 0 saturated carbocycles. The fraction of sp³-hybridized carbons (Fsp3) is 0.333. The number of hydrogen-bond acceptors (Lipinski definition) is 1. The molecule has 0 amide bonds. The lowest BCUT2D eigenvalue weighted by atomic mass is 10.0. The number of aryl methyl sites for hydroxylation is 1. The smallest absolute Gasteiger partial charge is 0.129 e. The third kappa shape index (κ3) is 4.29. The Bertz CT molecular complexity index is 491. The fourth-order valence-corrected chi connectivity index (χ4v) is 3.06. The van der Waals surface area contributed by atoms with Gasteiger partial charge < -0.3 is 0 Å². The van der Waals surface area contributed by atoms with Crippen LogP contribution in [0.2, 0.25) is 0 Å². The van der Waals surface area contributed by atoms with E-state index >= 15 is 0 Å². The van der Waals surface area contributed by atoms with Crippen LogP contribution in [0.3, 0.4) is 0 Å². The molecule has 1 aromatic carbocycles. The number of halogens is 3. The zero-order valence-corrected chi connectivity index (χ0v) is 12.0. The summed E-state index contributed by atoms with van der Waals surface area (Å²) >= 11 is 7.89. The van der Waals surface area contributed by atoms with Gasteiger partial charge in [0.25, 0.3) is 0 Å². The fourth-order valence-electron chi connectivity index (χ4n) is 2.00. The summed E-state index contributed by atoms with van der Waals surface area (Å²) in [5.74, 6) is -1.02. The van der Waals surface area contributed by atoms with E-state index in [1.165, 1.54) is 23.1 Å². The Morgan fingerprint density at radius 2 is 1.84 bits per heavy atom. The minimum absolute atomic E-state index is 0.0959. The van der Waals surface area contributed by atoms with Crippen molar-refractivity contribution >= 4 is 22.9 Å². The summed E-state index contributed by atoms with van der Waals surface area (Å²) in [7, 11) is 0. The molecule has 0 spiro atoms. The van der Waals surface area contributed by atoms with Crippen molar-refractivity contribution in [3.63, 3.8) is 0 Å². The second-order valence-corrected chi connectivity index (χ2v) is 6.12. The molecule has 19 heavy (non-hydrogen) atoms. The molecule has 2 rings (SSSR count). The van der Waals surface area contributed by atoms with E-state index in [-0.39, 0.29) is 17.4 Å². The Kier molecular flexibility index (Phi) is 5.34. The Hall–Kier alpha value is -0.930. The topological polar surface area (TPSA) is 0 Å². The molecule has 102 valence electrons. The SMILES string of the molecule is Fc1cccc(F)c1CC(Cl)CCCc1cccs1. The van der Waals surface area contributed by atoms with Gasteiger partial charge in [-0.15, -0.1) is 22.9 Å². The van der Waals surface area contributed by atoms with Gasteiger partial charge in [0.05, 0.1) is 0 Å². The molecular formula is C15H15ClF2S. The highest BCUT2D eigenvalue weighted by Gasteiger charge is 2.13. The van der Waals surface area contributed by atoms with Crippen molar-refractivity contribution in [2.24, 2.45) is 0 Å². The van der Waals surface area contributed by atoms with Crippen LogP contribution in [0.5, 0.6) is 0 Å². The van der Waals surface area contributed by atoms with Crippen molar-refractivity contribution in [2.75, 3.05) is 0 Å². The summed E-state index contributed by atoms with van der Waals surface area (Å²) in [6.07, 6.45) is 2.91. The molecule has 0 radical (unpaired) electrons. The lowest BCUT2D eigenvalue weighted by molar-refractivity contribution is 0.545. The standard InChI is InChI=1S/C15H15ClF2S/c16-11(4-1-5-12-6-3-9-19-12)10-13-14(17)7-2-8-15(13)18/h2-3,6-9,11H,1,4-5,10H2. The van der Waals surface area contributed by atoms with Gasteiger partial charge in [-0.2, -0.15) is 0 Å². The number of rotatable bonds is 6. The van der Waals surface area contributed by atoms with Crippen molar-refractivity contribution < 1.29 is 8.78 Å². The van der Waals surface area contributed by atoms with Crippen LogP contribution < -0.4 is 0 Å². The molecule has 4 heteroatoms. The van der Waals surface area contributed by atoms with Crippen LogP contribution >= 0.6 is 22.9 Å². The summed E-state index contributed by atoms with van der Waals surface area (Å²) < 4.78 is 26.9. The van der Waals surface area contributed by atoms with Crippen LogP contribution in [0.4, 0.5) is 8.78 Å². The molecule has 0 fully saturated rings. The van der Waals surface area contributed by atoms with E-state index in [2.05, 4.69) is 6.07 Å². The highest BCUT2D eigenvalue weighted by atomic mass is 35.5. The minimum atomic E-state index is -0.510. The first-order chi connectivity index (χ1) is 9.16. The first-order valence-electron chi connectivity index (χ1n) is 6.26. The quantitative estimate of drug-likeness (QED) is 0.643. The normalized spacial score (nSPS) is 12.6. The Labute approximate surface area is 121 Å². The number of hydrogen-bond donors (Lipinski definition) is 0. The summed E-state index contributed by atoms with van der Waals surface area (Å²) in [6.45, 7) is 0. The monoisotopic (exact) mass is 300 g/mol. The molecule has 1 aromatic heterocycles. The largest absolute Gasteiger partial charge is 0.207 e. The van der Waals surface area contributed by atoms with E-state index in [4.69, 9.17) is 11.6 Å². The van der Waals surface area contributed by atoms with Gasteiger partial charge in [0.1, 0.15) is 11.6 Å². The van der Waals surface area contributed by atoms with Crippen molar-refractivity contribution in [1.82, 2.24) is 0 Å². The molecule has 0 nitrogen and oxygen atoms in total. The molecule has 1 unspecified atom stereocenters. The van der Waals surface area contributed by atoms with E-state index in [9.17, 15) is 8.78 Å². The van der Waals surface area contributed by atoms with Crippen LogP contribution in [-0.2, 0) is 12.8 Å². The van der Waals surface area contributed by atoms with E-state index in [1.54, 1.807) is 11.3 Å². The number of benzene rings is 1. The predicted octanol–water partition coefficient (Wildman–Crippen LogP) is 5.20. The first kappa shape index (κ1) is 14.5. The lowest BCUT2D eigenvalue weighted by Gasteiger charge is -2.10. The molecule has 0 aliphatic heterocycles. The molecular weight excluding hydrogens is 286 g/mol.